The molecule has 1 aromatic heterocycles. The van der Waals surface area contributed by atoms with Crippen LogP contribution in [0.3, 0.4) is 0 Å². The van der Waals surface area contributed by atoms with Crippen molar-refractivity contribution in [3.05, 3.63) is 11.8 Å². The number of nitrogens with one attached hydrogen (secondary N) is 1. The lowest BCUT2D eigenvalue weighted by Crippen LogP contribution is -2.33. The second-order valence-corrected chi connectivity index (χ2v) is 4.75. The molecule has 0 aromatic carbocycles. The van der Waals surface area contributed by atoms with E-state index in [1.54, 1.807) is 6.20 Å². The fraction of sp³-hybridized carbons (Fsp3) is 0.667. The Balaban J connectivity index is 2.09. The van der Waals surface area contributed by atoms with Crippen molar-refractivity contribution < 1.29 is 5.11 Å². The van der Waals surface area contributed by atoms with Gasteiger partial charge in [-0.1, -0.05) is 0 Å². The summed E-state index contributed by atoms with van der Waals surface area (Å²) in [5.74, 6) is 6.74. The fourth-order valence-corrected chi connectivity index (χ4v) is 2.37. The van der Waals surface area contributed by atoms with E-state index in [0.717, 1.165) is 50.5 Å². The van der Waals surface area contributed by atoms with Gasteiger partial charge in [0.15, 0.2) is 0 Å². The number of nitrogens with zero attached hydrogens (tertiary/aromatic N) is 4. The second-order valence-electron chi connectivity index (χ2n) is 4.75. The third-order valence-electron chi connectivity index (χ3n) is 3.38. The SMILES string of the molecule is Cc1cnc(NN)nc1N1CCCN(CCO)CC1. The number of β-amino-alcohol motifs (C(OH)–C–C–N with tert-alkyl or cyclic N) is 1. The molecule has 19 heavy (non-hydrogen) atoms. The number of aliphatic hydroxyl groups is 1. The summed E-state index contributed by atoms with van der Waals surface area (Å²) in [4.78, 5) is 13.1. The molecule has 0 unspecified atom stereocenters. The van der Waals surface area contributed by atoms with E-state index in [-0.39, 0.29) is 6.61 Å². The van der Waals surface area contributed by atoms with Gasteiger partial charge >= 0.3 is 0 Å². The van der Waals surface area contributed by atoms with E-state index < -0.39 is 0 Å². The monoisotopic (exact) mass is 266 g/mol. The number of nitrogen functional groups attached to an aromatic ring is 1. The molecule has 0 amide bonds. The van der Waals surface area contributed by atoms with Crippen molar-refractivity contribution in [1.29, 1.82) is 0 Å². The molecule has 1 fully saturated rings. The van der Waals surface area contributed by atoms with Crippen LogP contribution in [0.25, 0.3) is 0 Å². The van der Waals surface area contributed by atoms with Crippen LogP contribution in [0.2, 0.25) is 0 Å². The summed E-state index contributed by atoms with van der Waals surface area (Å²) in [5.41, 5.74) is 3.54. The van der Waals surface area contributed by atoms with Crippen LogP contribution >= 0.6 is 0 Å². The summed E-state index contributed by atoms with van der Waals surface area (Å²) < 4.78 is 0. The molecular weight excluding hydrogens is 244 g/mol. The maximum atomic E-state index is 9.01. The van der Waals surface area contributed by atoms with E-state index in [1.165, 1.54) is 0 Å². The third kappa shape index (κ3) is 3.52. The minimum Gasteiger partial charge on any atom is -0.395 e. The van der Waals surface area contributed by atoms with E-state index in [0.29, 0.717) is 5.95 Å². The maximum Gasteiger partial charge on any atom is 0.239 e. The van der Waals surface area contributed by atoms with Gasteiger partial charge in [0.2, 0.25) is 5.95 Å². The van der Waals surface area contributed by atoms with Crippen LogP contribution in [-0.4, -0.2) is 59.3 Å². The Morgan fingerprint density at radius 3 is 2.95 bits per heavy atom. The molecule has 2 rings (SSSR count). The summed E-state index contributed by atoms with van der Waals surface area (Å²) in [7, 11) is 0. The number of anilines is 2. The first kappa shape index (κ1) is 14.0. The van der Waals surface area contributed by atoms with Gasteiger partial charge in [-0.25, -0.2) is 10.8 Å². The molecule has 1 aliphatic rings. The zero-order valence-electron chi connectivity index (χ0n) is 11.3. The topological polar surface area (TPSA) is 90.5 Å². The Morgan fingerprint density at radius 1 is 1.37 bits per heavy atom. The minimum atomic E-state index is 0.216. The molecule has 106 valence electrons. The van der Waals surface area contributed by atoms with Crippen LogP contribution in [0.15, 0.2) is 6.20 Å². The maximum absolute atomic E-state index is 9.01. The molecule has 1 aromatic rings. The van der Waals surface area contributed by atoms with Gasteiger partial charge < -0.3 is 10.0 Å². The molecule has 2 heterocycles. The molecule has 0 aliphatic carbocycles. The number of aryl methyl sites for hydroxylation is 1. The predicted molar refractivity (Wildman–Crippen MR) is 74.9 cm³/mol. The van der Waals surface area contributed by atoms with Gasteiger partial charge in [0.05, 0.1) is 6.61 Å². The molecule has 1 aliphatic heterocycles. The lowest BCUT2D eigenvalue weighted by atomic mass is 10.3. The van der Waals surface area contributed by atoms with Gasteiger partial charge in [-0.05, 0) is 19.9 Å². The van der Waals surface area contributed by atoms with Crippen molar-refractivity contribution in [2.75, 3.05) is 49.7 Å². The number of aliphatic hydroxyl groups excluding tert-OH is 1. The average molecular weight is 266 g/mol. The van der Waals surface area contributed by atoms with Crippen molar-refractivity contribution in [3.8, 4) is 0 Å². The average Bonchev–Trinajstić information content (AvgIpc) is 2.65. The Labute approximate surface area is 113 Å². The van der Waals surface area contributed by atoms with Crippen LogP contribution in [-0.2, 0) is 0 Å². The lowest BCUT2D eigenvalue weighted by molar-refractivity contribution is 0.204. The van der Waals surface area contributed by atoms with Crippen LogP contribution in [0, 0.1) is 6.92 Å². The summed E-state index contributed by atoms with van der Waals surface area (Å²) >= 11 is 0. The van der Waals surface area contributed by atoms with Gasteiger partial charge in [0.1, 0.15) is 5.82 Å². The number of aromatic nitrogens is 2. The number of hydrazine groups is 1. The van der Waals surface area contributed by atoms with Crippen molar-refractivity contribution in [3.63, 3.8) is 0 Å². The molecule has 0 radical (unpaired) electrons. The van der Waals surface area contributed by atoms with Crippen molar-refractivity contribution >= 4 is 11.8 Å². The lowest BCUT2D eigenvalue weighted by Gasteiger charge is -2.24. The number of hydrogen-bond donors (Lipinski definition) is 3. The van der Waals surface area contributed by atoms with Gasteiger partial charge in [0, 0.05) is 37.9 Å². The summed E-state index contributed by atoms with van der Waals surface area (Å²) in [6, 6.07) is 0. The van der Waals surface area contributed by atoms with E-state index in [2.05, 4.69) is 25.2 Å². The van der Waals surface area contributed by atoms with Crippen molar-refractivity contribution in [2.24, 2.45) is 5.84 Å². The zero-order valence-corrected chi connectivity index (χ0v) is 11.3. The van der Waals surface area contributed by atoms with Crippen LogP contribution in [0.5, 0.6) is 0 Å². The number of hydrogen-bond acceptors (Lipinski definition) is 7. The second kappa shape index (κ2) is 6.65. The highest BCUT2D eigenvalue weighted by molar-refractivity contribution is 5.48. The highest BCUT2D eigenvalue weighted by Crippen LogP contribution is 2.19. The van der Waals surface area contributed by atoms with Crippen molar-refractivity contribution in [1.82, 2.24) is 14.9 Å². The predicted octanol–water partition coefficient (Wildman–Crippen LogP) is -0.425. The van der Waals surface area contributed by atoms with Crippen molar-refractivity contribution in [2.45, 2.75) is 13.3 Å². The van der Waals surface area contributed by atoms with Gasteiger partial charge in [-0.2, -0.15) is 4.98 Å². The molecule has 0 spiro atoms. The molecule has 7 heteroatoms. The van der Waals surface area contributed by atoms with Crippen LogP contribution < -0.4 is 16.2 Å². The summed E-state index contributed by atoms with van der Waals surface area (Å²) in [6.45, 7) is 6.79. The Hall–Kier alpha value is -1.44. The molecular formula is C12H22N6O. The molecule has 0 bridgehead atoms. The highest BCUT2D eigenvalue weighted by Gasteiger charge is 2.17. The van der Waals surface area contributed by atoms with Crippen LogP contribution in [0.1, 0.15) is 12.0 Å². The van der Waals surface area contributed by atoms with Gasteiger partial charge in [0.25, 0.3) is 0 Å². The van der Waals surface area contributed by atoms with Gasteiger partial charge in [-0.15, -0.1) is 0 Å². The molecule has 0 atom stereocenters. The molecule has 1 saturated heterocycles. The summed E-state index contributed by atoms with van der Waals surface area (Å²) in [5, 5.41) is 9.01. The van der Waals surface area contributed by atoms with E-state index in [4.69, 9.17) is 10.9 Å². The van der Waals surface area contributed by atoms with Crippen LogP contribution in [0.4, 0.5) is 11.8 Å². The Kier molecular flexibility index (Phi) is 4.89. The molecule has 0 saturated carbocycles. The van der Waals surface area contributed by atoms with E-state index in [1.807, 2.05) is 6.92 Å². The smallest absolute Gasteiger partial charge is 0.239 e. The normalized spacial score (nSPS) is 17.3. The fourth-order valence-electron chi connectivity index (χ4n) is 2.37. The van der Waals surface area contributed by atoms with E-state index in [9.17, 15) is 0 Å². The summed E-state index contributed by atoms with van der Waals surface area (Å²) in [6.07, 6.45) is 2.85. The number of rotatable bonds is 4. The first-order valence-electron chi connectivity index (χ1n) is 6.63. The minimum absolute atomic E-state index is 0.216. The first-order chi connectivity index (χ1) is 9.24. The Bertz CT molecular complexity index is 413. The first-order valence-corrected chi connectivity index (χ1v) is 6.63. The molecule has 4 N–H and O–H groups in total. The van der Waals surface area contributed by atoms with Gasteiger partial charge in [-0.3, -0.25) is 10.3 Å². The highest BCUT2D eigenvalue weighted by atomic mass is 16.3. The largest absolute Gasteiger partial charge is 0.395 e. The third-order valence-corrected chi connectivity index (χ3v) is 3.38. The number of nitrogens with two attached hydrogens (primary N) is 1. The Morgan fingerprint density at radius 2 is 2.21 bits per heavy atom. The quantitative estimate of drug-likeness (QED) is 0.503. The standard InChI is InChI=1S/C12H22N6O/c1-10-9-14-12(16-13)15-11(10)18-4-2-3-17(5-6-18)7-8-19/h9,19H,2-8,13H2,1H3,(H,14,15,16). The van der Waals surface area contributed by atoms with E-state index >= 15 is 0 Å². The zero-order chi connectivity index (χ0) is 13.7. The molecule has 7 nitrogen and oxygen atoms in total.